The third kappa shape index (κ3) is 3.99. The first kappa shape index (κ1) is 15.5. The number of halogens is 1. The number of rotatable bonds is 4. The highest BCUT2D eigenvalue weighted by Crippen LogP contribution is 2.30. The second-order valence-corrected chi connectivity index (χ2v) is 6.80. The first-order chi connectivity index (χ1) is 8.25. The largest absolute Gasteiger partial charge is 0.488 e. The van der Waals surface area contributed by atoms with Crippen LogP contribution in [0.25, 0.3) is 0 Å². The zero-order valence-corrected chi connectivity index (χ0v) is 13.5. The van der Waals surface area contributed by atoms with Crippen molar-refractivity contribution in [3.63, 3.8) is 0 Å². The molecule has 18 heavy (non-hydrogen) atoms. The van der Waals surface area contributed by atoms with Gasteiger partial charge in [-0.05, 0) is 31.0 Å². The molecular formula is C15H24BrNO. The van der Waals surface area contributed by atoms with Gasteiger partial charge in [-0.2, -0.15) is 0 Å². The van der Waals surface area contributed by atoms with Gasteiger partial charge in [-0.1, -0.05) is 49.7 Å². The molecule has 2 atom stereocenters. The lowest BCUT2D eigenvalue weighted by atomic mass is 9.84. The number of aryl methyl sites for hydroxylation is 1. The summed E-state index contributed by atoms with van der Waals surface area (Å²) < 4.78 is 7.22. The Kier molecular flexibility index (Phi) is 5.23. The van der Waals surface area contributed by atoms with E-state index < -0.39 is 0 Å². The highest BCUT2D eigenvalue weighted by molar-refractivity contribution is 9.10. The quantitative estimate of drug-likeness (QED) is 0.900. The van der Waals surface area contributed by atoms with Crippen LogP contribution in [0.3, 0.4) is 0 Å². The summed E-state index contributed by atoms with van der Waals surface area (Å²) >= 11 is 3.48. The Balaban J connectivity index is 3.00. The van der Waals surface area contributed by atoms with Crippen molar-refractivity contribution in [2.45, 2.75) is 53.2 Å². The molecule has 0 aliphatic carbocycles. The van der Waals surface area contributed by atoms with Gasteiger partial charge in [-0.25, -0.2) is 0 Å². The van der Waals surface area contributed by atoms with Crippen LogP contribution in [0.4, 0.5) is 0 Å². The summed E-state index contributed by atoms with van der Waals surface area (Å²) in [5.41, 5.74) is 7.36. The van der Waals surface area contributed by atoms with Crippen molar-refractivity contribution in [3.05, 3.63) is 28.2 Å². The third-order valence-corrected chi connectivity index (χ3v) is 3.61. The van der Waals surface area contributed by atoms with E-state index in [2.05, 4.69) is 56.6 Å². The minimum Gasteiger partial charge on any atom is -0.488 e. The van der Waals surface area contributed by atoms with Gasteiger partial charge in [0.15, 0.2) is 0 Å². The predicted octanol–water partition coefficient (Wildman–Crippen LogP) is 4.29. The lowest BCUT2D eigenvalue weighted by Gasteiger charge is -2.35. The van der Waals surface area contributed by atoms with Crippen molar-refractivity contribution in [2.75, 3.05) is 0 Å². The molecule has 102 valence electrons. The number of ether oxygens (including phenoxy) is 1. The van der Waals surface area contributed by atoms with Gasteiger partial charge >= 0.3 is 0 Å². The first-order valence-electron chi connectivity index (χ1n) is 6.44. The third-order valence-electron chi connectivity index (χ3n) is 3.12. The molecule has 0 spiro atoms. The topological polar surface area (TPSA) is 35.2 Å². The number of benzene rings is 1. The second kappa shape index (κ2) is 6.07. The molecule has 0 bridgehead atoms. The summed E-state index contributed by atoms with van der Waals surface area (Å²) in [6.45, 7) is 10.7. The fourth-order valence-corrected chi connectivity index (χ4v) is 2.30. The van der Waals surface area contributed by atoms with Gasteiger partial charge < -0.3 is 10.5 Å². The molecule has 1 rings (SSSR count). The molecule has 1 aromatic carbocycles. The summed E-state index contributed by atoms with van der Waals surface area (Å²) in [5.74, 6) is 0.910. The van der Waals surface area contributed by atoms with Crippen LogP contribution in [-0.2, 0) is 0 Å². The van der Waals surface area contributed by atoms with Crippen LogP contribution >= 0.6 is 15.9 Å². The molecule has 2 N–H and O–H groups in total. The maximum atomic E-state index is 6.20. The second-order valence-electron chi connectivity index (χ2n) is 5.89. The van der Waals surface area contributed by atoms with E-state index in [1.165, 1.54) is 0 Å². The van der Waals surface area contributed by atoms with Crippen LogP contribution in [-0.4, -0.2) is 12.1 Å². The Morgan fingerprint density at radius 3 is 2.44 bits per heavy atom. The molecule has 0 aliphatic rings. The van der Waals surface area contributed by atoms with E-state index in [0.29, 0.717) is 0 Å². The minimum atomic E-state index is 0.00972. The molecule has 1 aromatic rings. The number of hydrogen-bond donors (Lipinski definition) is 1. The summed E-state index contributed by atoms with van der Waals surface area (Å²) in [7, 11) is 0. The Labute approximate surface area is 119 Å². The lowest BCUT2D eigenvalue weighted by Crippen LogP contribution is -2.47. The molecule has 0 aromatic heterocycles. The van der Waals surface area contributed by atoms with Crippen molar-refractivity contribution >= 4 is 15.9 Å². The first-order valence-corrected chi connectivity index (χ1v) is 7.23. The van der Waals surface area contributed by atoms with Crippen molar-refractivity contribution in [1.29, 1.82) is 0 Å². The van der Waals surface area contributed by atoms with Crippen LogP contribution in [0.15, 0.2) is 22.7 Å². The lowest BCUT2D eigenvalue weighted by molar-refractivity contribution is 0.0615. The maximum absolute atomic E-state index is 6.20. The normalized spacial score (nSPS) is 15.3. The molecular weight excluding hydrogens is 290 g/mol. The highest BCUT2D eigenvalue weighted by Gasteiger charge is 2.31. The molecule has 0 heterocycles. The van der Waals surface area contributed by atoms with Crippen LogP contribution < -0.4 is 10.5 Å². The van der Waals surface area contributed by atoms with E-state index in [-0.39, 0.29) is 17.6 Å². The van der Waals surface area contributed by atoms with Gasteiger partial charge in [0, 0.05) is 15.9 Å². The number of nitrogens with two attached hydrogens (primary N) is 1. The van der Waals surface area contributed by atoms with Crippen LogP contribution in [0.2, 0.25) is 0 Å². The molecule has 3 heteroatoms. The Hall–Kier alpha value is -0.540. The fraction of sp³-hybridized carbons (Fsp3) is 0.600. The van der Waals surface area contributed by atoms with Crippen molar-refractivity contribution < 1.29 is 4.74 Å². The van der Waals surface area contributed by atoms with Crippen molar-refractivity contribution in [1.82, 2.24) is 0 Å². The Morgan fingerprint density at radius 1 is 1.33 bits per heavy atom. The molecule has 0 aliphatic heterocycles. The average molecular weight is 314 g/mol. The maximum Gasteiger partial charge on any atom is 0.123 e. The van der Waals surface area contributed by atoms with E-state index in [1.807, 2.05) is 12.1 Å². The van der Waals surface area contributed by atoms with Gasteiger partial charge in [0.25, 0.3) is 0 Å². The molecule has 0 amide bonds. The summed E-state index contributed by atoms with van der Waals surface area (Å²) in [6, 6.07) is 6.13. The van der Waals surface area contributed by atoms with Gasteiger partial charge in [0.05, 0.1) is 0 Å². The van der Waals surface area contributed by atoms with E-state index in [1.54, 1.807) is 0 Å². The van der Waals surface area contributed by atoms with Crippen molar-refractivity contribution in [3.8, 4) is 5.75 Å². The fourth-order valence-electron chi connectivity index (χ4n) is 1.96. The zero-order chi connectivity index (χ0) is 13.9. The van der Waals surface area contributed by atoms with E-state index in [0.717, 1.165) is 22.2 Å². The molecule has 2 unspecified atom stereocenters. The SMILES string of the molecule is CCC(N)C(Oc1cc(Br)ccc1C)C(C)(C)C. The van der Waals surface area contributed by atoms with Gasteiger partial charge in [0.2, 0.25) is 0 Å². The minimum absolute atomic E-state index is 0.00972. The summed E-state index contributed by atoms with van der Waals surface area (Å²) in [4.78, 5) is 0. The van der Waals surface area contributed by atoms with Crippen LogP contribution in [0, 0.1) is 12.3 Å². The van der Waals surface area contributed by atoms with Gasteiger partial charge in [0.1, 0.15) is 11.9 Å². The molecule has 0 saturated heterocycles. The standard InChI is InChI=1S/C15H24BrNO/c1-6-12(17)14(15(3,4)5)18-13-9-11(16)8-7-10(13)2/h7-9,12,14H,6,17H2,1-5H3. The van der Waals surface area contributed by atoms with Crippen molar-refractivity contribution in [2.24, 2.45) is 11.1 Å². The Bertz CT molecular complexity index is 398. The Morgan fingerprint density at radius 2 is 1.94 bits per heavy atom. The van der Waals surface area contributed by atoms with E-state index in [9.17, 15) is 0 Å². The molecule has 2 nitrogen and oxygen atoms in total. The average Bonchev–Trinajstić information content (AvgIpc) is 2.27. The smallest absolute Gasteiger partial charge is 0.123 e. The van der Waals surface area contributed by atoms with E-state index >= 15 is 0 Å². The van der Waals surface area contributed by atoms with Gasteiger partial charge in [-0.3, -0.25) is 0 Å². The number of hydrogen-bond acceptors (Lipinski definition) is 2. The molecule has 0 fully saturated rings. The molecule has 0 saturated carbocycles. The monoisotopic (exact) mass is 313 g/mol. The molecule has 0 radical (unpaired) electrons. The zero-order valence-electron chi connectivity index (χ0n) is 12.0. The van der Waals surface area contributed by atoms with Crippen LogP contribution in [0.5, 0.6) is 5.75 Å². The van der Waals surface area contributed by atoms with E-state index in [4.69, 9.17) is 10.5 Å². The van der Waals surface area contributed by atoms with Crippen LogP contribution in [0.1, 0.15) is 39.7 Å². The summed E-state index contributed by atoms with van der Waals surface area (Å²) in [6.07, 6.45) is 0.921. The predicted molar refractivity (Wildman–Crippen MR) is 81.0 cm³/mol. The van der Waals surface area contributed by atoms with Gasteiger partial charge in [-0.15, -0.1) is 0 Å². The highest BCUT2D eigenvalue weighted by atomic mass is 79.9. The summed E-state index contributed by atoms with van der Waals surface area (Å²) in [5, 5.41) is 0.